The molecule has 1 aliphatic heterocycles. The van der Waals surface area contributed by atoms with Crippen LogP contribution in [0.25, 0.3) is 0 Å². The minimum atomic E-state index is -0.320. The summed E-state index contributed by atoms with van der Waals surface area (Å²) in [5.74, 6) is -0.813. The first-order valence-electron chi connectivity index (χ1n) is 10.3. The van der Waals surface area contributed by atoms with Gasteiger partial charge in [0.15, 0.2) is 0 Å². The number of carbonyl (C=O) groups is 3. The van der Waals surface area contributed by atoms with Gasteiger partial charge in [0.05, 0.1) is 22.5 Å². The fourth-order valence-corrected chi connectivity index (χ4v) is 3.93. The number of carbonyl (C=O) groups excluding carboxylic acids is 3. The molecule has 0 atom stereocenters. The summed E-state index contributed by atoms with van der Waals surface area (Å²) in [6.07, 6.45) is 0.571. The Morgan fingerprint density at radius 1 is 0.906 bits per heavy atom. The molecule has 32 heavy (non-hydrogen) atoms. The van der Waals surface area contributed by atoms with Crippen molar-refractivity contribution in [2.75, 3.05) is 17.2 Å². The van der Waals surface area contributed by atoms with Gasteiger partial charge in [-0.3, -0.25) is 19.3 Å². The van der Waals surface area contributed by atoms with Crippen LogP contribution in [0.3, 0.4) is 0 Å². The van der Waals surface area contributed by atoms with E-state index in [9.17, 15) is 14.4 Å². The lowest BCUT2D eigenvalue weighted by Gasteiger charge is -2.15. The number of anilines is 3. The van der Waals surface area contributed by atoms with Gasteiger partial charge in [-0.05, 0) is 55.8 Å². The number of fused-ring (bicyclic) bond motifs is 1. The van der Waals surface area contributed by atoms with Gasteiger partial charge < -0.3 is 10.6 Å². The highest BCUT2D eigenvalue weighted by molar-refractivity contribution is 9.10. The molecule has 0 aliphatic carbocycles. The first-order valence-corrected chi connectivity index (χ1v) is 11.1. The number of nitrogens with one attached hydrogen (secondary N) is 2. The second-order valence-electron chi connectivity index (χ2n) is 7.64. The maximum atomic E-state index is 12.5. The first kappa shape index (κ1) is 21.8. The van der Waals surface area contributed by atoms with E-state index in [0.29, 0.717) is 23.2 Å². The molecule has 0 aromatic heterocycles. The Balaban J connectivity index is 1.34. The molecule has 6 nitrogen and oxygen atoms in total. The Bertz CT molecular complexity index is 1190. The van der Waals surface area contributed by atoms with Gasteiger partial charge in [0.2, 0.25) is 5.91 Å². The number of benzene rings is 3. The molecule has 0 saturated carbocycles. The Hall–Kier alpha value is -3.45. The third-order valence-electron chi connectivity index (χ3n) is 5.25. The van der Waals surface area contributed by atoms with Crippen LogP contribution in [0.15, 0.2) is 71.2 Å². The number of aryl methyl sites for hydroxylation is 1. The molecule has 1 heterocycles. The molecule has 3 amide bonds. The number of hydrogen-bond acceptors (Lipinski definition) is 4. The summed E-state index contributed by atoms with van der Waals surface area (Å²) in [6.45, 7) is 2.22. The molecule has 3 aromatic rings. The summed E-state index contributed by atoms with van der Waals surface area (Å²) in [6, 6.07) is 20.5. The minimum Gasteiger partial charge on any atom is -0.354 e. The van der Waals surface area contributed by atoms with Crippen LogP contribution in [0, 0.1) is 6.92 Å². The summed E-state index contributed by atoms with van der Waals surface area (Å²) < 4.78 is 0.747. The number of nitrogens with zero attached hydrogens (tertiary/aromatic N) is 1. The molecule has 0 unspecified atom stereocenters. The monoisotopic (exact) mass is 491 g/mol. The van der Waals surface area contributed by atoms with Gasteiger partial charge in [-0.25, -0.2) is 0 Å². The minimum absolute atomic E-state index is 0.178. The van der Waals surface area contributed by atoms with Gasteiger partial charge >= 0.3 is 0 Å². The summed E-state index contributed by atoms with van der Waals surface area (Å²) in [4.78, 5) is 38.8. The van der Waals surface area contributed by atoms with E-state index in [-0.39, 0.29) is 30.7 Å². The van der Waals surface area contributed by atoms with Crippen LogP contribution in [0.4, 0.5) is 17.1 Å². The number of rotatable bonds is 7. The van der Waals surface area contributed by atoms with Gasteiger partial charge in [-0.2, -0.15) is 0 Å². The molecule has 0 bridgehead atoms. The summed E-state index contributed by atoms with van der Waals surface area (Å²) in [7, 11) is 0. The van der Waals surface area contributed by atoms with Gasteiger partial charge in [-0.15, -0.1) is 0 Å². The second kappa shape index (κ2) is 9.36. The molecular weight excluding hydrogens is 470 g/mol. The normalized spacial score (nSPS) is 12.6. The molecule has 2 N–H and O–H groups in total. The van der Waals surface area contributed by atoms with Gasteiger partial charge in [0, 0.05) is 23.1 Å². The third kappa shape index (κ3) is 4.73. The molecule has 0 saturated heterocycles. The average molecular weight is 492 g/mol. The lowest BCUT2D eigenvalue weighted by molar-refractivity contribution is -0.116. The van der Waals surface area contributed by atoms with E-state index in [2.05, 4.69) is 26.6 Å². The van der Waals surface area contributed by atoms with Gasteiger partial charge in [-0.1, -0.05) is 45.8 Å². The molecule has 7 heteroatoms. The molecule has 3 aromatic carbocycles. The zero-order valence-corrected chi connectivity index (χ0v) is 19.1. The predicted molar refractivity (Wildman–Crippen MR) is 128 cm³/mol. The lowest BCUT2D eigenvalue weighted by Crippen LogP contribution is -2.31. The Morgan fingerprint density at radius 2 is 1.59 bits per heavy atom. The zero-order chi connectivity index (χ0) is 22.7. The average Bonchev–Trinajstić information content (AvgIpc) is 3.01. The van der Waals surface area contributed by atoms with Gasteiger partial charge in [0.25, 0.3) is 11.8 Å². The molecule has 0 radical (unpaired) electrons. The van der Waals surface area contributed by atoms with Crippen LogP contribution in [0.1, 0.15) is 39.1 Å². The van der Waals surface area contributed by atoms with Crippen molar-refractivity contribution in [2.24, 2.45) is 0 Å². The van der Waals surface area contributed by atoms with Crippen molar-refractivity contribution in [2.45, 2.75) is 19.8 Å². The zero-order valence-electron chi connectivity index (χ0n) is 17.5. The highest BCUT2D eigenvalue weighted by atomic mass is 79.9. The SMILES string of the molecule is Cc1ccc(Nc2ccccc2NC(=O)CCCN2C(=O)c3ccc(Br)cc3C2=O)cc1. The number of para-hydroxylation sites is 2. The fourth-order valence-electron chi connectivity index (χ4n) is 3.57. The number of imide groups is 1. The van der Waals surface area contributed by atoms with Crippen LogP contribution in [-0.2, 0) is 4.79 Å². The van der Waals surface area contributed by atoms with E-state index in [1.807, 2.05) is 55.5 Å². The van der Waals surface area contributed by atoms with Crippen molar-refractivity contribution in [1.29, 1.82) is 0 Å². The van der Waals surface area contributed by atoms with Crippen molar-refractivity contribution >= 4 is 50.7 Å². The van der Waals surface area contributed by atoms with E-state index < -0.39 is 0 Å². The number of hydrogen-bond donors (Lipinski definition) is 2. The van der Waals surface area contributed by atoms with E-state index >= 15 is 0 Å². The highest BCUT2D eigenvalue weighted by Crippen LogP contribution is 2.27. The van der Waals surface area contributed by atoms with Crippen LogP contribution in [0.2, 0.25) is 0 Å². The molecule has 0 fully saturated rings. The van der Waals surface area contributed by atoms with E-state index in [4.69, 9.17) is 0 Å². The Morgan fingerprint density at radius 3 is 2.34 bits per heavy atom. The maximum absolute atomic E-state index is 12.5. The van der Waals surface area contributed by atoms with E-state index in [1.54, 1.807) is 18.2 Å². The maximum Gasteiger partial charge on any atom is 0.261 e. The Labute approximate surface area is 194 Å². The summed E-state index contributed by atoms with van der Waals surface area (Å²) in [5, 5.41) is 6.23. The van der Waals surface area contributed by atoms with Gasteiger partial charge in [0.1, 0.15) is 0 Å². The molecule has 1 aliphatic rings. The largest absolute Gasteiger partial charge is 0.354 e. The number of amides is 3. The van der Waals surface area contributed by atoms with Crippen molar-refractivity contribution in [3.8, 4) is 0 Å². The lowest BCUT2D eigenvalue weighted by atomic mass is 10.1. The molecule has 0 spiro atoms. The number of halogens is 1. The van der Waals surface area contributed by atoms with Crippen molar-refractivity contribution in [3.63, 3.8) is 0 Å². The van der Waals surface area contributed by atoms with E-state index in [0.717, 1.165) is 15.8 Å². The fraction of sp³-hybridized carbons (Fsp3) is 0.160. The predicted octanol–water partition coefficient (Wildman–Crippen LogP) is 5.52. The smallest absolute Gasteiger partial charge is 0.261 e. The van der Waals surface area contributed by atoms with Crippen LogP contribution < -0.4 is 10.6 Å². The van der Waals surface area contributed by atoms with E-state index in [1.165, 1.54) is 10.5 Å². The molecule has 4 rings (SSSR count). The van der Waals surface area contributed by atoms with Crippen molar-refractivity contribution in [3.05, 3.63) is 87.9 Å². The standard InChI is InChI=1S/C25H22BrN3O3/c1-16-8-11-18(12-9-16)27-21-5-2-3-6-22(21)28-23(30)7-4-14-29-24(31)19-13-10-17(26)15-20(19)25(29)32/h2-3,5-6,8-13,15,27H,4,7,14H2,1H3,(H,28,30). The third-order valence-corrected chi connectivity index (χ3v) is 5.74. The molecule has 162 valence electrons. The van der Waals surface area contributed by atoms with Crippen molar-refractivity contribution in [1.82, 2.24) is 4.90 Å². The summed E-state index contributed by atoms with van der Waals surface area (Å²) >= 11 is 3.33. The van der Waals surface area contributed by atoms with Crippen LogP contribution in [0.5, 0.6) is 0 Å². The topological polar surface area (TPSA) is 78.5 Å². The second-order valence-corrected chi connectivity index (χ2v) is 8.56. The quantitative estimate of drug-likeness (QED) is 0.426. The molecular formula is C25H22BrN3O3. The van der Waals surface area contributed by atoms with Crippen LogP contribution >= 0.6 is 15.9 Å². The van der Waals surface area contributed by atoms with Crippen molar-refractivity contribution < 1.29 is 14.4 Å². The Kier molecular flexibility index (Phi) is 6.37. The summed E-state index contributed by atoms with van der Waals surface area (Å²) in [5.41, 5.74) is 4.35. The highest BCUT2D eigenvalue weighted by Gasteiger charge is 2.35. The first-order chi connectivity index (χ1) is 15.4. The van der Waals surface area contributed by atoms with Crippen LogP contribution in [-0.4, -0.2) is 29.2 Å².